The molecule has 1 atom stereocenters. The number of carbonyl (C=O) groups excluding carboxylic acids is 1. The number of aromatic nitrogens is 1. The van der Waals surface area contributed by atoms with Gasteiger partial charge in [0.1, 0.15) is 5.75 Å². The summed E-state index contributed by atoms with van der Waals surface area (Å²) in [5, 5.41) is 0. The first-order valence-electron chi connectivity index (χ1n) is 8.91. The Morgan fingerprint density at radius 3 is 2.44 bits per heavy atom. The number of piperidine rings is 1. The quantitative estimate of drug-likeness (QED) is 0.785. The molecule has 0 N–H and O–H groups in total. The monoisotopic (exact) mass is 380 g/mol. The summed E-state index contributed by atoms with van der Waals surface area (Å²) in [7, 11) is 1.59. The molecule has 7 heteroatoms. The van der Waals surface area contributed by atoms with Crippen LogP contribution in [0.15, 0.2) is 30.3 Å². The molecular formula is C20H23F3N2O2. The SMILES string of the molecule is COc1ccc(-n2c(C)cc(C(=O)N3CCCC(C(F)(F)F)C3)c2C)cc1. The maximum absolute atomic E-state index is 13.1. The van der Waals surface area contributed by atoms with Gasteiger partial charge in [0.05, 0.1) is 18.6 Å². The predicted molar refractivity (Wildman–Crippen MR) is 96.5 cm³/mol. The highest BCUT2D eigenvalue weighted by atomic mass is 19.4. The molecule has 0 saturated carbocycles. The van der Waals surface area contributed by atoms with Gasteiger partial charge in [-0.2, -0.15) is 13.2 Å². The Balaban J connectivity index is 1.88. The zero-order chi connectivity index (χ0) is 19.8. The summed E-state index contributed by atoms with van der Waals surface area (Å²) in [6.45, 7) is 3.78. The van der Waals surface area contributed by atoms with Gasteiger partial charge < -0.3 is 14.2 Å². The Labute approximate surface area is 156 Å². The van der Waals surface area contributed by atoms with Crippen molar-refractivity contribution in [1.29, 1.82) is 0 Å². The largest absolute Gasteiger partial charge is 0.497 e. The van der Waals surface area contributed by atoms with Gasteiger partial charge in [-0.05, 0) is 57.0 Å². The number of hydrogen-bond acceptors (Lipinski definition) is 2. The molecule has 2 heterocycles. The second-order valence-corrected chi connectivity index (χ2v) is 6.95. The van der Waals surface area contributed by atoms with Gasteiger partial charge >= 0.3 is 6.18 Å². The van der Waals surface area contributed by atoms with Crippen LogP contribution in [-0.2, 0) is 0 Å². The number of amides is 1. The summed E-state index contributed by atoms with van der Waals surface area (Å²) < 4.78 is 46.3. The van der Waals surface area contributed by atoms with Crippen LogP contribution in [0.1, 0.15) is 34.6 Å². The smallest absolute Gasteiger partial charge is 0.393 e. The van der Waals surface area contributed by atoms with E-state index in [1.807, 2.05) is 42.7 Å². The van der Waals surface area contributed by atoms with Crippen LogP contribution >= 0.6 is 0 Å². The molecule has 3 rings (SSSR count). The number of halogens is 3. The molecule has 4 nitrogen and oxygen atoms in total. The lowest BCUT2D eigenvalue weighted by molar-refractivity contribution is -0.184. The fourth-order valence-corrected chi connectivity index (χ4v) is 3.71. The van der Waals surface area contributed by atoms with Gasteiger partial charge in [0, 0.05) is 30.2 Å². The molecular weight excluding hydrogens is 357 g/mol. The van der Waals surface area contributed by atoms with E-state index < -0.39 is 12.1 Å². The Morgan fingerprint density at radius 1 is 1.19 bits per heavy atom. The number of aryl methyl sites for hydroxylation is 1. The van der Waals surface area contributed by atoms with Gasteiger partial charge in [-0.1, -0.05) is 0 Å². The van der Waals surface area contributed by atoms with Crippen LogP contribution in [0, 0.1) is 19.8 Å². The molecule has 1 aromatic heterocycles. The molecule has 0 radical (unpaired) electrons. The minimum Gasteiger partial charge on any atom is -0.497 e. The van der Waals surface area contributed by atoms with E-state index in [1.54, 1.807) is 13.2 Å². The highest BCUT2D eigenvalue weighted by molar-refractivity contribution is 5.96. The van der Waals surface area contributed by atoms with Gasteiger partial charge in [0.25, 0.3) is 5.91 Å². The van der Waals surface area contributed by atoms with Crippen molar-refractivity contribution in [2.45, 2.75) is 32.9 Å². The molecule has 2 aromatic rings. The van der Waals surface area contributed by atoms with Gasteiger partial charge in [0.2, 0.25) is 0 Å². The molecule has 1 amide bonds. The Kier molecular flexibility index (Phi) is 5.22. The molecule has 146 valence electrons. The normalized spacial score (nSPS) is 17.9. The second-order valence-electron chi connectivity index (χ2n) is 6.95. The number of likely N-dealkylation sites (tertiary alicyclic amines) is 1. The third-order valence-electron chi connectivity index (χ3n) is 5.16. The van der Waals surface area contributed by atoms with Crippen LogP contribution in [-0.4, -0.2) is 41.7 Å². The number of benzene rings is 1. The van der Waals surface area contributed by atoms with E-state index in [2.05, 4.69) is 0 Å². The average molecular weight is 380 g/mol. The van der Waals surface area contributed by atoms with Crippen LogP contribution in [0.2, 0.25) is 0 Å². The Morgan fingerprint density at radius 2 is 1.85 bits per heavy atom. The maximum Gasteiger partial charge on any atom is 0.393 e. The summed E-state index contributed by atoms with van der Waals surface area (Å²) >= 11 is 0. The fraction of sp³-hybridized carbons (Fsp3) is 0.450. The number of hydrogen-bond donors (Lipinski definition) is 0. The van der Waals surface area contributed by atoms with Crippen molar-refractivity contribution in [3.05, 3.63) is 47.3 Å². The zero-order valence-corrected chi connectivity index (χ0v) is 15.6. The van der Waals surface area contributed by atoms with Crippen LogP contribution in [0.5, 0.6) is 5.75 Å². The number of nitrogens with zero attached hydrogens (tertiary/aromatic N) is 2. The molecule has 0 aliphatic carbocycles. The third-order valence-corrected chi connectivity index (χ3v) is 5.16. The van der Waals surface area contributed by atoms with Crippen molar-refractivity contribution in [3.63, 3.8) is 0 Å². The number of ether oxygens (including phenoxy) is 1. The van der Waals surface area contributed by atoms with Crippen LogP contribution in [0.4, 0.5) is 13.2 Å². The van der Waals surface area contributed by atoms with E-state index in [1.165, 1.54) is 4.90 Å². The minimum atomic E-state index is -4.26. The number of rotatable bonds is 3. The first kappa shape index (κ1) is 19.3. The second kappa shape index (κ2) is 7.29. The summed E-state index contributed by atoms with van der Waals surface area (Å²) in [5.41, 5.74) is 2.89. The molecule has 1 aromatic carbocycles. The van der Waals surface area contributed by atoms with Crippen molar-refractivity contribution in [2.75, 3.05) is 20.2 Å². The Hall–Kier alpha value is -2.44. The van der Waals surface area contributed by atoms with Crippen LogP contribution in [0.3, 0.4) is 0 Å². The summed E-state index contributed by atoms with van der Waals surface area (Å²) in [5.74, 6) is -1.05. The Bertz CT molecular complexity index is 825. The van der Waals surface area contributed by atoms with E-state index in [9.17, 15) is 18.0 Å². The zero-order valence-electron chi connectivity index (χ0n) is 15.6. The van der Waals surface area contributed by atoms with E-state index >= 15 is 0 Å². The average Bonchev–Trinajstić information content (AvgIpc) is 2.95. The van der Waals surface area contributed by atoms with Crippen molar-refractivity contribution in [1.82, 2.24) is 9.47 Å². The highest BCUT2D eigenvalue weighted by Crippen LogP contribution is 2.34. The molecule has 1 fully saturated rings. The summed E-state index contributed by atoms with van der Waals surface area (Å²) in [4.78, 5) is 14.3. The fourth-order valence-electron chi connectivity index (χ4n) is 3.71. The third kappa shape index (κ3) is 3.82. The lowest BCUT2D eigenvalue weighted by atomic mass is 9.97. The van der Waals surface area contributed by atoms with Gasteiger partial charge in [-0.15, -0.1) is 0 Å². The number of carbonyl (C=O) groups is 1. The van der Waals surface area contributed by atoms with E-state index in [0.29, 0.717) is 18.5 Å². The van der Waals surface area contributed by atoms with Crippen molar-refractivity contribution in [2.24, 2.45) is 5.92 Å². The van der Waals surface area contributed by atoms with Crippen LogP contribution < -0.4 is 4.74 Å². The van der Waals surface area contributed by atoms with E-state index in [0.717, 1.165) is 22.8 Å². The molecule has 27 heavy (non-hydrogen) atoms. The summed E-state index contributed by atoms with van der Waals surface area (Å²) in [6.07, 6.45) is -3.82. The van der Waals surface area contributed by atoms with Crippen molar-refractivity contribution in [3.8, 4) is 11.4 Å². The minimum absolute atomic E-state index is 0.0815. The lowest BCUT2D eigenvalue weighted by Gasteiger charge is -2.33. The topological polar surface area (TPSA) is 34.5 Å². The molecule has 1 saturated heterocycles. The number of methoxy groups -OCH3 is 1. The standard InChI is InChI=1S/C20H23F3N2O2/c1-13-11-18(14(2)25(13)16-6-8-17(27-3)9-7-16)19(26)24-10-4-5-15(12-24)20(21,22)23/h6-9,11,15H,4-5,10,12H2,1-3H3. The van der Waals surface area contributed by atoms with Crippen LogP contribution in [0.25, 0.3) is 5.69 Å². The summed E-state index contributed by atoms with van der Waals surface area (Å²) in [6, 6.07) is 9.17. The highest BCUT2D eigenvalue weighted by Gasteiger charge is 2.43. The molecule has 1 unspecified atom stereocenters. The van der Waals surface area contributed by atoms with Crippen molar-refractivity contribution >= 4 is 5.91 Å². The van der Waals surface area contributed by atoms with Gasteiger partial charge in [0.15, 0.2) is 0 Å². The maximum atomic E-state index is 13.1. The first-order chi connectivity index (χ1) is 12.7. The van der Waals surface area contributed by atoms with Crippen molar-refractivity contribution < 1.29 is 22.7 Å². The molecule has 0 bridgehead atoms. The van der Waals surface area contributed by atoms with Gasteiger partial charge in [-0.25, -0.2) is 0 Å². The first-order valence-corrected chi connectivity index (χ1v) is 8.91. The predicted octanol–water partition coefficient (Wildman–Crippen LogP) is 4.52. The molecule has 1 aliphatic rings. The number of alkyl halides is 3. The van der Waals surface area contributed by atoms with E-state index in [4.69, 9.17) is 4.74 Å². The lowest BCUT2D eigenvalue weighted by Crippen LogP contribution is -2.44. The molecule has 0 spiro atoms. The van der Waals surface area contributed by atoms with Gasteiger partial charge in [-0.3, -0.25) is 4.79 Å². The van der Waals surface area contributed by atoms with E-state index in [-0.39, 0.29) is 18.9 Å². The molecule has 1 aliphatic heterocycles.